The van der Waals surface area contributed by atoms with E-state index in [4.69, 9.17) is 21.6 Å². The van der Waals surface area contributed by atoms with E-state index in [1.54, 1.807) is 55.5 Å². The Morgan fingerprint density at radius 1 is 1.06 bits per heavy atom. The van der Waals surface area contributed by atoms with Crippen LogP contribution in [0.5, 0.6) is 5.75 Å². The maximum absolute atomic E-state index is 12.7. The molecule has 158 valence electrons. The van der Waals surface area contributed by atoms with E-state index in [1.165, 1.54) is 24.3 Å². The van der Waals surface area contributed by atoms with Crippen molar-refractivity contribution in [1.82, 2.24) is 0 Å². The smallest absolute Gasteiger partial charge is 0.265 e. The fourth-order valence-corrected chi connectivity index (χ4v) is 3.99. The van der Waals surface area contributed by atoms with Crippen LogP contribution in [-0.4, -0.2) is 20.4 Å². The van der Waals surface area contributed by atoms with E-state index in [1.807, 2.05) is 6.07 Å². The first-order valence-electron chi connectivity index (χ1n) is 9.13. The van der Waals surface area contributed by atoms with E-state index in [9.17, 15) is 13.2 Å². The molecule has 0 bridgehead atoms. The highest BCUT2D eigenvalue weighted by molar-refractivity contribution is 7.92. The second kappa shape index (κ2) is 9.51. The number of carbonyl (C=O) groups excluding carboxylic acids is 1. The normalized spacial score (nSPS) is 11.8. The average molecular weight is 456 g/mol. The molecule has 0 heterocycles. The van der Waals surface area contributed by atoms with Gasteiger partial charge in [0.25, 0.3) is 15.9 Å². The van der Waals surface area contributed by atoms with Crippen LogP contribution in [0, 0.1) is 11.3 Å². The van der Waals surface area contributed by atoms with Crippen molar-refractivity contribution in [3.05, 3.63) is 83.4 Å². The summed E-state index contributed by atoms with van der Waals surface area (Å²) in [5.41, 5.74) is 0.947. The number of nitrogens with zero attached hydrogens (tertiary/aromatic N) is 1. The van der Waals surface area contributed by atoms with E-state index in [0.717, 1.165) is 0 Å². The lowest BCUT2D eigenvalue weighted by molar-refractivity contribution is -0.122. The first kappa shape index (κ1) is 22.2. The van der Waals surface area contributed by atoms with E-state index in [-0.39, 0.29) is 21.3 Å². The second-order valence-electron chi connectivity index (χ2n) is 6.50. The third kappa shape index (κ3) is 5.75. The molecule has 2 N–H and O–H groups in total. The molecule has 3 aromatic carbocycles. The van der Waals surface area contributed by atoms with Gasteiger partial charge in [0.15, 0.2) is 6.10 Å². The number of rotatable bonds is 7. The monoisotopic (exact) mass is 455 g/mol. The number of ether oxygens (including phenoxy) is 1. The Morgan fingerprint density at radius 2 is 1.81 bits per heavy atom. The molecule has 0 radical (unpaired) electrons. The van der Waals surface area contributed by atoms with E-state index in [0.29, 0.717) is 11.3 Å². The first-order chi connectivity index (χ1) is 14.8. The minimum Gasteiger partial charge on any atom is -0.481 e. The van der Waals surface area contributed by atoms with Gasteiger partial charge in [-0.25, -0.2) is 8.42 Å². The number of anilines is 2. The number of sulfonamides is 1. The molecule has 7 nitrogen and oxygen atoms in total. The highest BCUT2D eigenvalue weighted by atomic mass is 35.5. The Labute approximate surface area is 185 Å². The van der Waals surface area contributed by atoms with Gasteiger partial charge in [0.1, 0.15) is 5.75 Å². The molecular formula is C22H18ClN3O4S. The fourth-order valence-electron chi connectivity index (χ4n) is 2.63. The van der Waals surface area contributed by atoms with Crippen LogP contribution in [-0.2, 0) is 14.8 Å². The van der Waals surface area contributed by atoms with Crippen LogP contribution in [0.2, 0.25) is 5.02 Å². The summed E-state index contributed by atoms with van der Waals surface area (Å²) >= 11 is 6.02. The molecule has 3 rings (SSSR count). The molecule has 3 aromatic rings. The highest BCUT2D eigenvalue weighted by Gasteiger charge is 2.19. The lowest BCUT2D eigenvalue weighted by Crippen LogP contribution is -2.30. The Kier molecular flexibility index (Phi) is 6.80. The predicted octanol–water partition coefficient (Wildman–Crippen LogP) is 4.42. The van der Waals surface area contributed by atoms with E-state index in [2.05, 4.69) is 10.0 Å². The zero-order valence-electron chi connectivity index (χ0n) is 16.4. The summed E-state index contributed by atoms with van der Waals surface area (Å²) in [6.07, 6.45) is -0.879. The van der Waals surface area contributed by atoms with Gasteiger partial charge in [0.05, 0.1) is 27.2 Å². The van der Waals surface area contributed by atoms with Crippen LogP contribution < -0.4 is 14.8 Å². The van der Waals surface area contributed by atoms with Crippen molar-refractivity contribution in [2.75, 3.05) is 10.0 Å². The maximum atomic E-state index is 12.7. The summed E-state index contributed by atoms with van der Waals surface area (Å²) in [7, 11) is -3.92. The van der Waals surface area contributed by atoms with Crippen LogP contribution in [0.1, 0.15) is 12.5 Å². The number of carbonyl (C=O) groups is 1. The number of nitriles is 1. The van der Waals surface area contributed by atoms with Crippen LogP contribution in [0.4, 0.5) is 11.4 Å². The second-order valence-corrected chi connectivity index (χ2v) is 8.59. The number of hydrogen-bond donors (Lipinski definition) is 2. The third-order valence-corrected chi connectivity index (χ3v) is 5.87. The number of hydrogen-bond acceptors (Lipinski definition) is 5. The SMILES string of the molecule is CC(Oc1cccc(C#N)c1)C(=O)Nc1cccc(S(=O)(=O)Nc2ccccc2Cl)c1. The van der Waals surface area contributed by atoms with Gasteiger partial charge in [-0.1, -0.05) is 35.9 Å². The third-order valence-electron chi connectivity index (χ3n) is 4.18. The summed E-state index contributed by atoms with van der Waals surface area (Å²) in [4.78, 5) is 12.4. The minimum absolute atomic E-state index is 0.0412. The van der Waals surface area contributed by atoms with Crippen molar-refractivity contribution >= 4 is 38.9 Å². The van der Waals surface area contributed by atoms with Gasteiger partial charge in [-0.15, -0.1) is 0 Å². The molecule has 9 heteroatoms. The molecule has 0 aliphatic heterocycles. The molecule has 0 fully saturated rings. The van der Waals surface area contributed by atoms with Gasteiger partial charge in [0.2, 0.25) is 0 Å². The predicted molar refractivity (Wildman–Crippen MR) is 119 cm³/mol. The number of para-hydroxylation sites is 1. The van der Waals surface area contributed by atoms with E-state index >= 15 is 0 Å². The Hall–Kier alpha value is -3.54. The molecule has 1 atom stereocenters. The summed E-state index contributed by atoms with van der Waals surface area (Å²) in [6.45, 7) is 1.55. The quantitative estimate of drug-likeness (QED) is 0.548. The standard InChI is InChI=1S/C22H18ClN3O4S/c1-15(30-18-8-4-6-16(12-18)14-24)22(27)25-17-7-5-9-19(13-17)31(28,29)26-21-11-3-2-10-20(21)23/h2-13,15,26H,1H3,(H,25,27). The van der Waals surface area contributed by atoms with Crippen molar-refractivity contribution in [3.63, 3.8) is 0 Å². The lowest BCUT2D eigenvalue weighted by Gasteiger charge is -2.15. The Balaban J connectivity index is 1.71. The van der Waals surface area contributed by atoms with Crippen molar-refractivity contribution in [1.29, 1.82) is 5.26 Å². The van der Waals surface area contributed by atoms with Crippen LogP contribution in [0.25, 0.3) is 0 Å². The van der Waals surface area contributed by atoms with Gasteiger partial charge < -0.3 is 10.1 Å². The molecule has 0 saturated carbocycles. The zero-order valence-corrected chi connectivity index (χ0v) is 17.9. The van der Waals surface area contributed by atoms with Gasteiger partial charge in [0, 0.05) is 5.69 Å². The van der Waals surface area contributed by atoms with Crippen molar-refractivity contribution in [3.8, 4) is 11.8 Å². The molecule has 1 amide bonds. The molecule has 1 unspecified atom stereocenters. The number of nitrogens with one attached hydrogen (secondary N) is 2. The summed E-state index contributed by atoms with van der Waals surface area (Å²) in [6, 6.07) is 20.7. The Bertz CT molecular complexity index is 1260. The molecule has 0 saturated heterocycles. The van der Waals surface area contributed by atoms with Crippen molar-refractivity contribution < 1.29 is 17.9 Å². The molecule has 0 aliphatic rings. The van der Waals surface area contributed by atoms with Crippen LogP contribution in [0.15, 0.2) is 77.7 Å². The van der Waals surface area contributed by atoms with Gasteiger partial charge >= 0.3 is 0 Å². The lowest BCUT2D eigenvalue weighted by atomic mass is 10.2. The number of amides is 1. The molecule has 0 spiro atoms. The topological polar surface area (TPSA) is 108 Å². The summed E-state index contributed by atoms with van der Waals surface area (Å²) in [5.74, 6) is -0.0991. The molecular weight excluding hydrogens is 438 g/mol. The fraction of sp³-hybridized carbons (Fsp3) is 0.0909. The molecule has 0 aliphatic carbocycles. The number of halogens is 1. The first-order valence-corrected chi connectivity index (χ1v) is 11.0. The maximum Gasteiger partial charge on any atom is 0.265 e. The van der Waals surface area contributed by atoms with Crippen LogP contribution in [0.3, 0.4) is 0 Å². The zero-order chi connectivity index (χ0) is 22.4. The molecule has 0 aromatic heterocycles. The van der Waals surface area contributed by atoms with Crippen LogP contribution >= 0.6 is 11.6 Å². The average Bonchev–Trinajstić information content (AvgIpc) is 2.75. The summed E-state index contributed by atoms with van der Waals surface area (Å²) in [5, 5.41) is 11.9. The van der Waals surface area contributed by atoms with Crippen molar-refractivity contribution in [2.24, 2.45) is 0 Å². The van der Waals surface area contributed by atoms with E-state index < -0.39 is 22.0 Å². The van der Waals surface area contributed by atoms with Crippen molar-refractivity contribution in [2.45, 2.75) is 17.9 Å². The van der Waals surface area contributed by atoms with Gasteiger partial charge in [-0.2, -0.15) is 5.26 Å². The number of benzene rings is 3. The summed E-state index contributed by atoms with van der Waals surface area (Å²) < 4.78 is 33.4. The Morgan fingerprint density at radius 3 is 2.55 bits per heavy atom. The largest absolute Gasteiger partial charge is 0.481 e. The molecule has 31 heavy (non-hydrogen) atoms. The van der Waals surface area contributed by atoms with Gasteiger partial charge in [-0.05, 0) is 55.5 Å². The highest BCUT2D eigenvalue weighted by Crippen LogP contribution is 2.25. The minimum atomic E-state index is -3.92. The van der Waals surface area contributed by atoms with Gasteiger partial charge in [-0.3, -0.25) is 9.52 Å².